The van der Waals surface area contributed by atoms with Gasteiger partial charge in [-0.3, -0.25) is 0 Å². The highest BCUT2D eigenvalue weighted by Gasteiger charge is 2.32. The number of unbranched alkanes of at least 4 members (excludes halogenated alkanes) is 1. The summed E-state index contributed by atoms with van der Waals surface area (Å²) in [5.74, 6) is 0. The molecule has 1 saturated heterocycles. The van der Waals surface area contributed by atoms with Crippen LogP contribution in [-0.2, 0) is 9.84 Å². The Morgan fingerprint density at radius 2 is 1.92 bits per heavy atom. The Morgan fingerprint density at radius 1 is 1.25 bits per heavy atom. The van der Waals surface area contributed by atoms with Gasteiger partial charge in [0.15, 0.2) is 14.9 Å². The number of likely N-dealkylation sites (tertiary alicyclic amines) is 1. The first-order chi connectivity index (χ1) is 11.2. The summed E-state index contributed by atoms with van der Waals surface area (Å²) in [7, 11) is -3.39. The molecule has 0 radical (unpaired) electrons. The summed E-state index contributed by atoms with van der Waals surface area (Å²) < 4.78 is 23.9. The summed E-state index contributed by atoms with van der Waals surface area (Å²) in [5, 5.41) is 3.64. The Labute approximate surface area is 146 Å². The maximum atomic E-state index is 12.4. The fraction of sp³-hybridized carbons (Fsp3) is 0.722. The fourth-order valence-corrected chi connectivity index (χ4v) is 3.92. The molecular weight excluding hydrogens is 322 g/mol. The highest BCUT2D eigenvalue weighted by Crippen LogP contribution is 2.24. The van der Waals surface area contributed by atoms with Gasteiger partial charge < -0.3 is 10.2 Å². The monoisotopic (exact) mass is 353 g/mol. The van der Waals surface area contributed by atoms with Crippen molar-refractivity contribution >= 4 is 15.5 Å². The molecule has 1 N–H and O–H groups in total. The molecule has 5 nitrogen and oxygen atoms in total. The first-order valence-electron chi connectivity index (χ1n) is 8.93. The van der Waals surface area contributed by atoms with Crippen molar-refractivity contribution in [3.05, 3.63) is 18.3 Å². The summed E-state index contributed by atoms with van der Waals surface area (Å²) in [6.07, 6.45) is 6.39. The molecule has 24 heavy (non-hydrogen) atoms. The molecular formula is C18H31N3O2S. The van der Waals surface area contributed by atoms with Crippen LogP contribution in [0.5, 0.6) is 0 Å². The predicted octanol–water partition coefficient (Wildman–Crippen LogP) is 3.33. The van der Waals surface area contributed by atoms with Gasteiger partial charge in [-0.1, -0.05) is 13.3 Å². The Hall–Kier alpha value is -1.14. The molecule has 2 heterocycles. The van der Waals surface area contributed by atoms with Gasteiger partial charge in [0.25, 0.3) is 0 Å². The summed E-state index contributed by atoms with van der Waals surface area (Å²) in [6.45, 7) is 10.8. The van der Waals surface area contributed by atoms with E-state index in [1.807, 2.05) is 6.07 Å². The number of pyridine rings is 1. The quantitative estimate of drug-likeness (QED) is 0.850. The van der Waals surface area contributed by atoms with Gasteiger partial charge >= 0.3 is 0 Å². The van der Waals surface area contributed by atoms with Crippen molar-refractivity contribution in [3.8, 4) is 0 Å². The molecule has 136 valence electrons. The van der Waals surface area contributed by atoms with Crippen LogP contribution in [0.4, 0.5) is 5.69 Å². The molecule has 0 saturated carbocycles. The van der Waals surface area contributed by atoms with Gasteiger partial charge in [-0.05, 0) is 58.7 Å². The lowest BCUT2D eigenvalue weighted by Gasteiger charge is -2.32. The average molecular weight is 354 g/mol. The third-order valence-electron chi connectivity index (χ3n) is 4.60. The molecule has 1 aromatic heterocycles. The van der Waals surface area contributed by atoms with Crippen LogP contribution in [0, 0.1) is 0 Å². The SMILES string of the molecule is CCCCN1CCC(Nc2ccc(S(=O)(=O)C(C)(C)C)nc2)CC1. The second-order valence-electron chi connectivity index (χ2n) is 7.61. The number of nitrogens with one attached hydrogen (secondary N) is 1. The molecule has 0 aliphatic carbocycles. The molecule has 0 unspecified atom stereocenters. The highest BCUT2D eigenvalue weighted by molar-refractivity contribution is 7.92. The van der Waals surface area contributed by atoms with E-state index in [-0.39, 0.29) is 5.03 Å². The molecule has 0 atom stereocenters. The van der Waals surface area contributed by atoms with Gasteiger partial charge in [-0.25, -0.2) is 13.4 Å². The molecule has 1 aliphatic heterocycles. The fourth-order valence-electron chi connectivity index (χ4n) is 2.86. The van der Waals surface area contributed by atoms with E-state index in [0.29, 0.717) is 6.04 Å². The van der Waals surface area contributed by atoms with Gasteiger partial charge in [0.1, 0.15) is 0 Å². The van der Waals surface area contributed by atoms with Crippen molar-refractivity contribution in [3.63, 3.8) is 0 Å². The van der Waals surface area contributed by atoms with E-state index in [1.165, 1.54) is 19.4 Å². The topological polar surface area (TPSA) is 62.3 Å². The second-order valence-corrected chi connectivity index (χ2v) is 10.3. The average Bonchev–Trinajstić information content (AvgIpc) is 2.54. The van der Waals surface area contributed by atoms with Crippen LogP contribution >= 0.6 is 0 Å². The largest absolute Gasteiger partial charge is 0.381 e. The van der Waals surface area contributed by atoms with Crippen LogP contribution in [0.2, 0.25) is 0 Å². The first kappa shape index (κ1) is 19.2. The predicted molar refractivity (Wildman–Crippen MR) is 99.2 cm³/mol. The Kier molecular flexibility index (Phi) is 6.26. The molecule has 2 rings (SSSR count). The van der Waals surface area contributed by atoms with E-state index in [0.717, 1.165) is 31.6 Å². The van der Waals surface area contributed by atoms with Crippen molar-refractivity contribution in [2.24, 2.45) is 0 Å². The number of hydrogen-bond donors (Lipinski definition) is 1. The van der Waals surface area contributed by atoms with Crippen molar-refractivity contribution in [2.45, 2.75) is 69.2 Å². The van der Waals surface area contributed by atoms with Crippen molar-refractivity contribution in [1.29, 1.82) is 0 Å². The van der Waals surface area contributed by atoms with Crippen LogP contribution in [0.3, 0.4) is 0 Å². The normalized spacial score (nSPS) is 17.8. The molecule has 1 aromatic rings. The van der Waals surface area contributed by atoms with Crippen LogP contribution in [0.15, 0.2) is 23.4 Å². The third-order valence-corrected chi connectivity index (χ3v) is 7.01. The summed E-state index contributed by atoms with van der Waals surface area (Å²) >= 11 is 0. The van der Waals surface area contributed by atoms with E-state index in [1.54, 1.807) is 33.0 Å². The number of piperidine rings is 1. The highest BCUT2D eigenvalue weighted by atomic mass is 32.2. The minimum atomic E-state index is -3.39. The standard InChI is InChI=1S/C18H31N3O2S/c1-5-6-11-21-12-9-15(10-13-21)20-16-7-8-17(19-14-16)24(22,23)18(2,3)4/h7-8,14-15,20H,5-6,9-13H2,1-4H3. The van der Waals surface area contributed by atoms with E-state index >= 15 is 0 Å². The Balaban J connectivity index is 1.92. The smallest absolute Gasteiger partial charge is 0.200 e. The van der Waals surface area contributed by atoms with E-state index < -0.39 is 14.6 Å². The maximum Gasteiger partial charge on any atom is 0.200 e. The van der Waals surface area contributed by atoms with Crippen molar-refractivity contribution in [2.75, 3.05) is 25.0 Å². The number of rotatable bonds is 6. The molecule has 1 fully saturated rings. The number of hydrogen-bond acceptors (Lipinski definition) is 5. The second kappa shape index (κ2) is 7.83. The first-order valence-corrected chi connectivity index (χ1v) is 10.4. The molecule has 0 bridgehead atoms. The zero-order valence-corrected chi connectivity index (χ0v) is 16.2. The van der Waals surface area contributed by atoms with Crippen molar-refractivity contribution < 1.29 is 8.42 Å². The lowest BCUT2D eigenvalue weighted by Crippen LogP contribution is -2.39. The van der Waals surface area contributed by atoms with Gasteiger partial charge in [0.2, 0.25) is 0 Å². The van der Waals surface area contributed by atoms with Gasteiger partial charge in [0, 0.05) is 19.1 Å². The minimum Gasteiger partial charge on any atom is -0.381 e. The molecule has 0 aromatic carbocycles. The van der Waals surface area contributed by atoms with Crippen molar-refractivity contribution in [1.82, 2.24) is 9.88 Å². The number of sulfone groups is 1. The van der Waals surface area contributed by atoms with Crippen LogP contribution < -0.4 is 5.32 Å². The van der Waals surface area contributed by atoms with E-state index in [9.17, 15) is 8.42 Å². The lowest BCUT2D eigenvalue weighted by atomic mass is 10.0. The molecule has 0 amide bonds. The zero-order chi connectivity index (χ0) is 17.8. The van der Waals surface area contributed by atoms with E-state index in [4.69, 9.17) is 0 Å². The zero-order valence-electron chi connectivity index (χ0n) is 15.4. The van der Waals surface area contributed by atoms with Gasteiger partial charge in [0.05, 0.1) is 16.6 Å². The lowest BCUT2D eigenvalue weighted by molar-refractivity contribution is 0.216. The number of nitrogens with zero attached hydrogens (tertiary/aromatic N) is 2. The maximum absolute atomic E-state index is 12.4. The Morgan fingerprint density at radius 3 is 2.42 bits per heavy atom. The van der Waals surface area contributed by atoms with Crippen LogP contribution in [0.1, 0.15) is 53.4 Å². The Bertz CT molecular complexity index is 613. The third kappa shape index (κ3) is 4.70. The van der Waals surface area contributed by atoms with Crippen LogP contribution in [0.25, 0.3) is 0 Å². The van der Waals surface area contributed by atoms with Gasteiger partial charge in [-0.15, -0.1) is 0 Å². The van der Waals surface area contributed by atoms with Gasteiger partial charge in [-0.2, -0.15) is 0 Å². The van der Waals surface area contributed by atoms with E-state index in [2.05, 4.69) is 22.1 Å². The summed E-state index contributed by atoms with van der Waals surface area (Å²) in [5.41, 5.74) is 0.898. The number of anilines is 1. The number of aromatic nitrogens is 1. The summed E-state index contributed by atoms with van der Waals surface area (Å²) in [4.78, 5) is 6.70. The molecule has 6 heteroatoms. The molecule has 1 aliphatic rings. The summed E-state index contributed by atoms with van der Waals surface area (Å²) in [6, 6.07) is 3.88. The molecule has 0 spiro atoms. The van der Waals surface area contributed by atoms with Crippen LogP contribution in [-0.4, -0.2) is 48.7 Å². The minimum absolute atomic E-state index is 0.148.